The second kappa shape index (κ2) is 17.6. The van der Waals surface area contributed by atoms with Gasteiger partial charge in [0, 0.05) is 53.4 Å². The predicted molar refractivity (Wildman–Crippen MR) is 223 cm³/mol. The van der Waals surface area contributed by atoms with Gasteiger partial charge in [-0.15, -0.1) is 0 Å². The average molecular weight is 1050 g/mol. The summed E-state index contributed by atoms with van der Waals surface area (Å²) in [6, 6.07) is 8.30. The molecule has 0 radical (unpaired) electrons. The van der Waals surface area contributed by atoms with Gasteiger partial charge in [-0.05, 0) is 82.0 Å². The van der Waals surface area contributed by atoms with E-state index in [4.69, 9.17) is 13.9 Å². The van der Waals surface area contributed by atoms with Crippen molar-refractivity contribution in [2.75, 3.05) is 18.0 Å². The van der Waals surface area contributed by atoms with Gasteiger partial charge >= 0.3 is 42.8 Å². The van der Waals surface area contributed by atoms with Crippen LogP contribution in [0.3, 0.4) is 0 Å². The van der Waals surface area contributed by atoms with Crippen molar-refractivity contribution in [2.45, 2.75) is 68.2 Å². The molecule has 5 aromatic rings. The molecule has 16 nitrogen and oxygen atoms in total. The van der Waals surface area contributed by atoms with E-state index in [9.17, 15) is 62.4 Å². The number of ether oxygens (including phenoxy) is 2. The number of nitrogens with zero attached hydrogens (tertiary/aromatic N) is 1. The molecule has 8 rings (SSSR count). The second-order valence-electron chi connectivity index (χ2n) is 16.0. The molecule has 1 aromatic heterocycles. The molecule has 71 heavy (non-hydrogen) atoms. The second-order valence-corrected chi connectivity index (χ2v) is 19.1. The van der Waals surface area contributed by atoms with Gasteiger partial charge in [-0.2, -0.15) is 52.0 Å². The van der Waals surface area contributed by atoms with E-state index >= 15 is 17.6 Å². The first kappa shape index (κ1) is 50.3. The number of hydrogen-bond acceptors (Lipinski definition) is 14. The van der Waals surface area contributed by atoms with Crippen LogP contribution in [0, 0.1) is 23.3 Å². The van der Waals surface area contributed by atoms with Crippen LogP contribution in [-0.2, 0) is 30.6 Å². The van der Waals surface area contributed by atoms with Gasteiger partial charge in [0.2, 0.25) is 23.1 Å². The Balaban J connectivity index is 1.07. The Labute approximate surface area is 392 Å². The van der Waals surface area contributed by atoms with E-state index in [1.165, 1.54) is 6.07 Å². The fraction of sp³-hybridized carbons (Fsp3) is 0.302. The summed E-state index contributed by atoms with van der Waals surface area (Å²) in [6.45, 7) is 5.35. The van der Waals surface area contributed by atoms with Gasteiger partial charge in [-0.3, -0.25) is 9.59 Å². The SMILES string of the molecule is CCN(CC)c1ccc2cc(C(=O)N[C@H]3CC[C@H](NC(=O)c4ccc5c(c4)C(=O)OC54c5cc(F)c(OS(=O)(=O)C(F)(F)F)c(F)c5Oc5c4cc(F)c(OS(=O)(=O)C(F)(F)F)c5F)CC3)c(=O)oc2c1. The van der Waals surface area contributed by atoms with Gasteiger partial charge in [-0.1, -0.05) is 6.07 Å². The number of amides is 2. The number of benzene rings is 4. The Morgan fingerprint density at radius 2 is 1.21 bits per heavy atom. The third kappa shape index (κ3) is 8.68. The van der Waals surface area contributed by atoms with Gasteiger partial charge in [0.05, 0.1) is 16.7 Å². The Kier molecular flexibility index (Phi) is 12.5. The summed E-state index contributed by atoms with van der Waals surface area (Å²) in [4.78, 5) is 55.4. The normalized spacial score (nSPS) is 17.4. The summed E-state index contributed by atoms with van der Waals surface area (Å²) < 4.78 is 213. The van der Waals surface area contributed by atoms with Crippen LogP contribution in [-0.4, -0.2) is 70.8 Å². The number of alkyl halides is 6. The van der Waals surface area contributed by atoms with E-state index in [1.54, 1.807) is 12.1 Å². The Morgan fingerprint density at radius 1 is 0.704 bits per heavy atom. The fourth-order valence-electron chi connectivity index (χ4n) is 8.37. The number of carbonyl (C=O) groups excluding carboxylic acids is 3. The lowest BCUT2D eigenvalue weighted by Gasteiger charge is -2.37. The number of rotatable bonds is 11. The summed E-state index contributed by atoms with van der Waals surface area (Å²) in [5.41, 5.74) is -19.8. The van der Waals surface area contributed by atoms with Gasteiger partial charge in [0.15, 0.2) is 28.7 Å². The zero-order chi connectivity index (χ0) is 51.9. The highest BCUT2D eigenvalue weighted by Gasteiger charge is 2.58. The molecule has 2 amide bonds. The van der Waals surface area contributed by atoms with Crippen LogP contribution in [0.25, 0.3) is 11.0 Å². The van der Waals surface area contributed by atoms with Crippen molar-refractivity contribution in [3.8, 4) is 23.0 Å². The summed E-state index contributed by atoms with van der Waals surface area (Å²) >= 11 is 0. The number of hydrogen-bond donors (Lipinski definition) is 2. The minimum atomic E-state index is -6.88. The van der Waals surface area contributed by atoms with Crippen LogP contribution in [0.1, 0.15) is 87.3 Å². The lowest BCUT2D eigenvalue weighted by atomic mass is 9.77. The standard InChI is InChI=1S/C43H31F10N3O13S2/c1-3-56(4-2)22-11-5-18-13-24(39(59)65-30(18)15-22)38(58)55-21-9-7-20(8-10-21)54-37(57)19-6-12-25-23(14-19)40(60)67-41(25)26-16-28(44)35(68-70(61,62)42(48,49)50)31(46)33(26)66-34-27(41)17-29(45)36(32(34)47)69-71(63,64)43(51,52)53/h5-6,11-17,20-21H,3-4,7-10H2,1-2H3,(H,54,57)(H,55,58)/t20-,21-. The molecule has 1 aliphatic carbocycles. The van der Waals surface area contributed by atoms with E-state index < -0.39 is 141 Å². The summed E-state index contributed by atoms with van der Waals surface area (Å²) in [7, 11) is -13.8. The molecule has 3 aliphatic rings. The number of halogens is 10. The van der Waals surface area contributed by atoms with Gasteiger partial charge in [0.1, 0.15) is 11.1 Å². The zero-order valence-corrected chi connectivity index (χ0v) is 37.6. The van der Waals surface area contributed by atoms with Crippen molar-refractivity contribution in [1.82, 2.24) is 10.6 Å². The summed E-state index contributed by atoms with van der Waals surface area (Å²) in [5, 5.41) is 6.02. The van der Waals surface area contributed by atoms with Crippen molar-refractivity contribution in [1.29, 1.82) is 0 Å². The van der Waals surface area contributed by atoms with Gasteiger partial charge in [-0.25, -0.2) is 18.4 Å². The molecule has 0 bridgehead atoms. The average Bonchev–Trinajstić information content (AvgIpc) is 3.58. The first-order valence-electron chi connectivity index (χ1n) is 20.7. The molecule has 0 unspecified atom stereocenters. The third-order valence-corrected chi connectivity index (χ3v) is 13.7. The number of nitrogens with one attached hydrogen (secondary N) is 2. The monoisotopic (exact) mass is 1050 g/mol. The summed E-state index contributed by atoms with van der Waals surface area (Å²) in [6.07, 6.45) is 1.13. The lowest BCUT2D eigenvalue weighted by molar-refractivity contribution is -0.0506. The van der Waals surface area contributed by atoms with E-state index in [2.05, 4.69) is 19.0 Å². The maximum absolute atomic E-state index is 16.1. The molecule has 4 aromatic carbocycles. The lowest BCUT2D eigenvalue weighted by Crippen LogP contribution is -2.44. The first-order valence-corrected chi connectivity index (χ1v) is 23.5. The predicted octanol–water partition coefficient (Wildman–Crippen LogP) is 7.69. The van der Waals surface area contributed by atoms with Crippen LogP contribution in [0.5, 0.6) is 23.0 Å². The molecule has 0 saturated heterocycles. The molecule has 0 atom stereocenters. The van der Waals surface area contributed by atoms with Crippen LogP contribution in [0.15, 0.2) is 63.8 Å². The topological polar surface area (TPSA) is 214 Å². The van der Waals surface area contributed by atoms with Crippen molar-refractivity contribution in [3.05, 3.63) is 122 Å². The van der Waals surface area contributed by atoms with Gasteiger partial charge < -0.3 is 37.8 Å². The molecule has 2 N–H and O–H groups in total. The first-order chi connectivity index (χ1) is 33.1. The largest absolute Gasteiger partial charge is 0.534 e. The van der Waals surface area contributed by atoms with Gasteiger partial charge in [0.25, 0.3) is 11.8 Å². The molecular weight excluding hydrogens is 1020 g/mol. The highest BCUT2D eigenvalue weighted by Crippen LogP contribution is 2.60. The van der Waals surface area contributed by atoms with Crippen molar-refractivity contribution in [3.63, 3.8) is 0 Å². The Hall–Kier alpha value is -7.10. The molecule has 1 saturated carbocycles. The molecule has 28 heteroatoms. The van der Waals surface area contributed by atoms with Crippen molar-refractivity contribution < 1.29 is 97.4 Å². The molecule has 378 valence electrons. The molecule has 2 aliphatic heterocycles. The van der Waals surface area contributed by atoms with Crippen molar-refractivity contribution in [2.24, 2.45) is 0 Å². The minimum Gasteiger partial charge on any atom is -0.450 e. The molecule has 3 heterocycles. The molecule has 1 fully saturated rings. The quantitative estimate of drug-likeness (QED) is 0.0427. The van der Waals surface area contributed by atoms with Crippen molar-refractivity contribution >= 4 is 54.7 Å². The van der Waals surface area contributed by atoms with E-state index in [-0.39, 0.29) is 41.7 Å². The smallest absolute Gasteiger partial charge is 0.450 e. The van der Waals surface area contributed by atoms with Crippen LogP contribution in [0.4, 0.5) is 49.6 Å². The maximum atomic E-state index is 16.1. The van der Waals surface area contributed by atoms with Crippen LogP contribution >= 0.6 is 0 Å². The Bertz CT molecular complexity index is 3260. The van der Waals surface area contributed by atoms with E-state index in [0.717, 1.165) is 23.9 Å². The molecular formula is C43H31F10N3O13S2. The highest BCUT2D eigenvalue weighted by molar-refractivity contribution is 7.88. The minimum absolute atomic E-state index is 0.0158. The summed E-state index contributed by atoms with van der Waals surface area (Å²) in [5.74, 6) is -20.9. The van der Waals surface area contributed by atoms with Crippen LogP contribution < -0.4 is 34.3 Å². The fourth-order valence-corrected chi connectivity index (χ4v) is 9.31. The number of anilines is 1. The van der Waals surface area contributed by atoms with E-state index in [0.29, 0.717) is 31.3 Å². The Morgan fingerprint density at radius 3 is 1.70 bits per heavy atom. The van der Waals surface area contributed by atoms with Crippen LogP contribution in [0.2, 0.25) is 0 Å². The third-order valence-electron chi connectivity index (χ3n) is 11.8. The number of esters is 1. The highest BCUT2D eigenvalue weighted by atomic mass is 32.2. The number of carbonyl (C=O) groups is 3. The molecule has 1 spiro atoms. The number of fused-ring (bicyclic) bond motifs is 7. The maximum Gasteiger partial charge on any atom is 0.534 e. The van der Waals surface area contributed by atoms with E-state index in [1.807, 2.05) is 24.8 Å². The zero-order valence-electron chi connectivity index (χ0n) is 35.9.